The number of carbonyl (C=O) groups excluding carboxylic acids is 1. The van der Waals surface area contributed by atoms with Gasteiger partial charge in [-0.15, -0.1) is 0 Å². The molecule has 6 heteroatoms. The highest BCUT2D eigenvalue weighted by Crippen LogP contribution is 2.31. The molecule has 114 valence electrons. The fourth-order valence-corrected chi connectivity index (χ4v) is 3.25. The molecule has 2 N–H and O–H groups in total. The highest BCUT2D eigenvalue weighted by molar-refractivity contribution is 5.86. The highest BCUT2D eigenvalue weighted by atomic mass is 16.4. The number of hydrogen-bond acceptors (Lipinski definition) is 3. The van der Waals surface area contributed by atoms with E-state index in [0.717, 1.165) is 19.3 Å². The molecule has 0 radical (unpaired) electrons. The van der Waals surface area contributed by atoms with E-state index in [2.05, 4.69) is 0 Å². The Kier molecular flexibility index (Phi) is 4.52. The van der Waals surface area contributed by atoms with Crippen LogP contribution in [0.25, 0.3) is 0 Å². The first kappa shape index (κ1) is 15.1. The first-order valence-corrected chi connectivity index (χ1v) is 7.40. The molecular weight excluding hydrogens is 260 g/mol. The van der Waals surface area contributed by atoms with Gasteiger partial charge in [-0.2, -0.15) is 0 Å². The number of piperidine rings is 1. The number of aliphatic hydroxyl groups is 1. The van der Waals surface area contributed by atoms with Gasteiger partial charge >= 0.3 is 12.0 Å². The van der Waals surface area contributed by atoms with Crippen LogP contribution in [-0.4, -0.2) is 63.8 Å². The van der Waals surface area contributed by atoms with Gasteiger partial charge in [0.2, 0.25) is 0 Å². The lowest BCUT2D eigenvalue weighted by molar-refractivity contribution is -0.150. The van der Waals surface area contributed by atoms with Crippen molar-refractivity contribution in [2.45, 2.75) is 44.6 Å². The van der Waals surface area contributed by atoms with Gasteiger partial charge in [-0.1, -0.05) is 0 Å². The summed E-state index contributed by atoms with van der Waals surface area (Å²) in [6.07, 6.45) is 3.83. The van der Waals surface area contributed by atoms with E-state index in [1.807, 2.05) is 0 Å². The van der Waals surface area contributed by atoms with Crippen molar-refractivity contribution in [2.75, 3.05) is 26.2 Å². The summed E-state index contributed by atoms with van der Waals surface area (Å²) < 4.78 is 0. The number of carboxylic acids is 1. The fourth-order valence-electron chi connectivity index (χ4n) is 3.25. The van der Waals surface area contributed by atoms with Crippen LogP contribution >= 0.6 is 0 Å². The van der Waals surface area contributed by atoms with Gasteiger partial charge in [0, 0.05) is 26.2 Å². The lowest BCUT2D eigenvalue weighted by Crippen LogP contribution is -2.60. The smallest absolute Gasteiger partial charge is 0.329 e. The number of likely N-dealkylation sites (tertiary alicyclic amines) is 2. The molecule has 20 heavy (non-hydrogen) atoms. The van der Waals surface area contributed by atoms with Crippen LogP contribution in [0.3, 0.4) is 0 Å². The second-order valence-electron chi connectivity index (χ2n) is 6.08. The van der Waals surface area contributed by atoms with Gasteiger partial charge in [0.05, 0.1) is 0 Å². The van der Waals surface area contributed by atoms with E-state index in [1.54, 1.807) is 11.8 Å². The van der Waals surface area contributed by atoms with E-state index in [9.17, 15) is 14.7 Å². The predicted molar refractivity (Wildman–Crippen MR) is 73.4 cm³/mol. The van der Waals surface area contributed by atoms with Crippen LogP contribution in [0.15, 0.2) is 0 Å². The topological polar surface area (TPSA) is 81.1 Å². The molecule has 2 fully saturated rings. The number of aliphatic hydroxyl groups excluding tert-OH is 1. The summed E-state index contributed by atoms with van der Waals surface area (Å²) in [5.74, 6) is -0.582. The summed E-state index contributed by atoms with van der Waals surface area (Å²) in [5, 5.41) is 18.4. The third kappa shape index (κ3) is 2.75. The molecule has 2 amide bonds. The maximum absolute atomic E-state index is 12.6. The molecule has 0 aromatic heterocycles. The molecule has 6 nitrogen and oxygen atoms in total. The predicted octanol–water partition coefficient (Wildman–Crippen LogP) is 1.14. The summed E-state index contributed by atoms with van der Waals surface area (Å²) in [6.45, 7) is 3.60. The quantitative estimate of drug-likeness (QED) is 0.814. The zero-order chi connectivity index (χ0) is 14.8. The number of amides is 2. The minimum atomic E-state index is -1.08. The standard InChI is InChI=1S/C14H24N2O4/c1-14(12(18)19)6-2-3-7-16(14)13(20)15-8-4-11(10-15)5-9-17/h11,17H,2-10H2,1H3,(H,18,19). The SMILES string of the molecule is CC1(C(=O)O)CCCCN1C(=O)N1CCC(CCO)C1. The first-order valence-electron chi connectivity index (χ1n) is 7.40. The summed E-state index contributed by atoms with van der Waals surface area (Å²) in [7, 11) is 0. The molecule has 0 spiro atoms. The molecule has 0 aliphatic carbocycles. The van der Waals surface area contributed by atoms with Crippen molar-refractivity contribution in [3.05, 3.63) is 0 Å². The number of nitrogens with zero attached hydrogens (tertiary/aromatic N) is 2. The number of aliphatic carboxylic acids is 1. The van der Waals surface area contributed by atoms with Crippen LogP contribution in [0.4, 0.5) is 4.79 Å². The number of hydrogen-bond donors (Lipinski definition) is 2. The lowest BCUT2D eigenvalue weighted by Gasteiger charge is -2.43. The Balaban J connectivity index is 2.05. The molecule has 0 saturated carbocycles. The van der Waals surface area contributed by atoms with Crippen LogP contribution in [0.1, 0.15) is 39.0 Å². The average Bonchev–Trinajstić information content (AvgIpc) is 2.87. The van der Waals surface area contributed by atoms with Crippen molar-refractivity contribution in [1.82, 2.24) is 9.80 Å². The molecule has 2 rings (SSSR count). The van der Waals surface area contributed by atoms with Crippen LogP contribution in [0.2, 0.25) is 0 Å². The zero-order valence-electron chi connectivity index (χ0n) is 12.0. The Morgan fingerprint density at radius 3 is 2.70 bits per heavy atom. The number of carbonyl (C=O) groups is 2. The number of rotatable bonds is 3. The largest absolute Gasteiger partial charge is 0.480 e. The van der Waals surface area contributed by atoms with Gasteiger partial charge in [0.25, 0.3) is 0 Å². The Labute approximate surface area is 119 Å². The summed E-state index contributed by atoms with van der Waals surface area (Å²) >= 11 is 0. The number of carboxylic acid groups (broad SMARTS) is 1. The van der Waals surface area contributed by atoms with Gasteiger partial charge in [-0.25, -0.2) is 9.59 Å². The second kappa shape index (κ2) is 5.99. The van der Waals surface area contributed by atoms with Crippen LogP contribution < -0.4 is 0 Å². The third-order valence-corrected chi connectivity index (χ3v) is 4.68. The van der Waals surface area contributed by atoms with Crippen LogP contribution in [0.5, 0.6) is 0 Å². The molecule has 2 saturated heterocycles. The van der Waals surface area contributed by atoms with Crippen LogP contribution in [-0.2, 0) is 4.79 Å². The Morgan fingerprint density at radius 2 is 2.05 bits per heavy atom. The van der Waals surface area contributed by atoms with E-state index in [4.69, 9.17) is 5.11 Å². The third-order valence-electron chi connectivity index (χ3n) is 4.68. The lowest BCUT2D eigenvalue weighted by atomic mass is 9.89. The van der Waals surface area contributed by atoms with Crippen molar-refractivity contribution < 1.29 is 19.8 Å². The van der Waals surface area contributed by atoms with E-state index in [1.165, 1.54) is 4.90 Å². The highest BCUT2D eigenvalue weighted by Gasteiger charge is 2.45. The van der Waals surface area contributed by atoms with Gasteiger partial charge in [-0.05, 0) is 44.9 Å². The van der Waals surface area contributed by atoms with Gasteiger partial charge in [0.15, 0.2) is 0 Å². The Bertz CT molecular complexity index is 387. The molecule has 0 bridgehead atoms. The molecule has 2 aliphatic rings. The fraction of sp³-hybridized carbons (Fsp3) is 0.857. The molecule has 0 aromatic carbocycles. The average molecular weight is 284 g/mol. The Morgan fingerprint density at radius 1 is 1.30 bits per heavy atom. The molecule has 0 aromatic rings. The monoisotopic (exact) mass is 284 g/mol. The summed E-state index contributed by atoms with van der Waals surface area (Å²) in [6, 6.07) is -0.157. The van der Waals surface area contributed by atoms with E-state index in [0.29, 0.717) is 38.4 Å². The Hall–Kier alpha value is -1.30. The molecule has 2 atom stereocenters. The number of urea groups is 1. The molecule has 2 heterocycles. The molecule has 2 aliphatic heterocycles. The van der Waals surface area contributed by atoms with E-state index >= 15 is 0 Å². The van der Waals surface area contributed by atoms with Crippen LogP contribution in [0, 0.1) is 5.92 Å². The normalized spacial score (nSPS) is 30.6. The van der Waals surface area contributed by atoms with Gasteiger partial charge < -0.3 is 20.0 Å². The van der Waals surface area contributed by atoms with Crippen molar-refractivity contribution in [2.24, 2.45) is 5.92 Å². The van der Waals surface area contributed by atoms with Crippen molar-refractivity contribution in [3.63, 3.8) is 0 Å². The maximum atomic E-state index is 12.6. The summed E-state index contributed by atoms with van der Waals surface area (Å²) in [4.78, 5) is 27.4. The van der Waals surface area contributed by atoms with E-state index in [-0.39, 0.29) is 12.6 Å². The van der Waals surface area contributed by atoms with Gasteiger partial charge in [-0.3, -0.25) is 0 Å². The van der Waals surface area contributed by atoms with Gasteiger partial charge in [0.1, 0.15) is 5.54 Å². The maximum Gasteiger partial charge on any atom is 0.329 e. The van der Waals surface area contributed by atoms with Crippen molar-refractivity contribution >= 4 is 12.0 Å². The van der Waals surface area contributed by atoms with E-state index < -0.39 is 11.5 Å². The summed E-state index contributed by atoms with van der Waals surface area (Å²) in [5.41, 5.74) is -1.08. The minimum Gasteiger partial charge on any atom is -0.480 e. The molecular formula is C14H24N2O4. The van der Waals surface area contributed by atoms with Crippen molar-refractivity contribution in [1.29, 1.82) is 0 Å². The van der Waals surface area contributed by atoms with Crippen molar-refractivity contribution in [3.8, 4) is 0 Å². The second-order valence-corrected chi connectivity index (χ2v) is 6.08. The molecule has 2 unspecified atom stereocenters. The first-order chi connectivity index (χ1) is 9.49. The minimum absolute atomic E-state index is 0.142. The zero-order valence-corrected chi connectivity index (χ0v) is 12.0.